The highest BCUT2D eigenvalue weighted by Crippen LogP contribution is 2.40. The molecule has 7 nitrogen and oxygen atoms in total. The van der Waals surface area contributed by atoms with Crippen LogP contribution < -0.4 is 10.6 Å². The zero-order valence-electron chi connectivity index (χ0n) is 8.93. The van der Waals surface area contributed by atoms with Crippen LogP contribution in [-0.4, -0.2) is 41.4 Å². The number of carbonyl (C=O) groups is 1. The van der Waals surface area contributed by atoms with Gasteiger partial charge < -0.3 is 15.5 Å². The highest BCUT2D eigenvalue weighted by molar-refractivity contribution is 7.52. The summed E-state index contributed by atoms with van der Waals surface area (Å²) in [6.07, 6.45) is -0.485. The molecule has 0 aromatic rings. The van der Waals surface area contributed by atoms with Gasteiger partial charge in [-0.1, -0.05) is 13.8 Å². The molecule has 0 aliphatic rings. The Morgan fingerprint density at radius 1 is 1.53 bits per heavy atom. The van der Waals surface area contributed by atoms with Crippen LogP contribution in [0.3, 0.4) is 0 Å². The third-order valence-electron chi connectivity index (χ3n) is 1.64. The van der Waals surface area contributed by atoms with Crippen LogP contribution >= 0.6 is 7.60 Å². The Morgan fingerprint density at radius 2 is 2.07 bits per heavy atom. The summed E-state index contributed by atoms with van der Waals surface area (Å²) in [4.78, 5) is 20.3. The molecule has 0 aliphatic heterocycles. The second-order valence-electron chi connectivity index (χ2n) is 3.39. The van der Waals surface area contributed by atoms with Crippen molar-refractivity contribution in [3.05, 3.63) is 0 Å². The van der Waals surface area contributed by atoms with Gasteiger partial charge in [-0.05, 0) is 0 Å². The first-order chi connectivity index (χ1) is 6.82. The molecule has 0 spiro atoms. The van der Waals surface area contributed by atoms with E-state index in [2.05, 4.69) is 15.3 Å². The molecule has 90 valence electrons. The Labute approximate surface area is 88.3 Å². The molecule has 0 bridgehead atoms. The Kier molecular flexibility index (Phi) is 6.00. The Morgan fingerprint density at radius 3 is 2.40 bits per heavy atom. The van der Waals surface area contributed by atoms with E-state index in [4.69, 9.17) is 10.2 Å². The number of rotatable bonds is 6. The summed E-state index contributed by atoms with van der Waals surface area (Å²) in [6, 6.07) is -0.913. The second-order valence-corrected chi connectivity index (χ2v) is 5.19. The summed E-state index contributed by atoms with van der Waals surface area (Å²) in [6.45, 7) is 3.58. The Hall–Kier alpha value is -0.460. The maximum absolute atomic E-state index is 11.3. The van der Waals surface area contributed by atoms with E-state index in [-0.39, 0.29) is 6.04 Å². The molecule has 4 N–H and O–H groups in total. The first-order valence-electron chi connectivity index (χ1n) is 4.45. The van der Waals surface area contributed by atoms with E-state index >= 15 is 0 Å². The van der Waals surface area contributed by atoms with Crippen molar-refractivity contribution in [2.75, 3.05) is 13.2 Å². The molecule has 0 radical (unpaired) electrons. The zero-order chi connectivity index (χ0) is 12.1. The van der Waals surface area contributed by atoms with E-state index in [1.807, 2.05) is 0 Å². The maximum atomic E-state index is 11.3. The van der Waals surface area contributed by atoms with Crippen molar-refractivity contribution in [1.29, 1.82) is 0 Å². The van der Waals surface area contributed by atoms with Crippen LogP contribution in [0, 0.1) is 0 Å². The third kappa shape index (κ3) is 5.86. The molecule has 0 heterocycles. The molecule has 0 fully saturated rings. The van der Waals surface area contributed by atoms with Crippen molar-refractivity contribution in [2.45, 2.75) is 25.9 Å². The normalized spacial score (nSPS) is 17.2. The van der Waals surface area contributed by atoms with Gasteiger partial charge in [0.05, 0.1) is 12.2 Å². The van der Waals surface area contributed by atoms with Crippen LogP contribution in [0.1, 0.15) is 13.8 Å². The van der Waals surface area contributed by atoms with E-state index in [0.717, 1.165) is 0 Å². The molecule has 0 rings (SSSR count). The molecule has 1 amide bonds. The molecule has 0 aliphatic carbocycles. The Balaban J connectivity index is 4.51. The summed E-state index contributed by atoms with van der Waals surface area (Å²) < 4.78 is 14.5. The number of carbonyl (C=O) groups excluding carboxylic acids is 1. The van der Waals surface area contributed by atoms with E-state index in [0.29, 0.717) is 0 Å². The quantitative estimate of drug-likeness (QED) is 0.290. The van der Waals surface area contributed by atoms with Gasteiger partial charge in [0, 0.05) is 13.1 Å². The van der Waals surface area contributed by atoms with Crippen molar-refractivity contribution in [1.82, 2.24) is 10.6 Å². The van der Waals surface area contributed by atoms with E-state index in [1.165, 1.54) is 7.05 Å². The van der Waals surface area contributed by atoms with Crippen LogP contribution in [0.15, 0.2) is 0 Å². The minimum Gasteiger partial charge on any atom is -0.358 e. The van der Waals surface area contributed by atoms with E-state index < -0.39 is 25.7 Å². The summed E-state index contributed by atoms with van der Waals surface area (Å²) in [5.41, 5.74) is 0. The number of nitrogens with one attached hydrogen (secondary N) is 2. The second kappa shape index (κ2) is 6.19. The van der Waals surface area contributed by atoms with Gasteiger partial charge >= 0.3 is 7.60 Å². The number of hydrogen-bond donors (Lipinski definition) is 4. The summed E-state index contributed by atoms with van der Waals surface area (Å²) in [5.74, 6) is -0.435. The number of amides is 1. The average Bonchev–Trinajstić information content (AvgIpc) is 2.14. The topological polar surface area (TPSA) is 108 Å². The van der Waals surface area contributed by atoms with E-state index in [1.54, 1.807) is 13.8 Å². The number of likely N-dealkylation sites (N-methyl/N-ethyl adjacent to an activating group) is 1. The number of hydrogen-bond acceptors (Lipinski definition) is 5. The van der Waals surface area contributed by atoms with Gasteiger partial charge in [-0.25, -0.2) is 5.26 Å². The minimum absolute atomic E-state index is 0.0361. The van der Waals surface area contributed by atoms with Crippen LogP contribution in [0.25, 0.3) is 0 Å². The first kappa shape index (κ1) is 14.5. The molecule has 15 heavy (non-hydrogen) atoms. The molecular weight excluding hydrogens is 223 g/mol. The summed E-state index contributed by atoms with van der Waals surface area (Å²) >= 11 is 0. The van der Waals surface area contributed by atoms with Gasteiger partial charge in [-0.2, -0.15) is 4.67 Å². The minimum atomic E-state index is -4.12. The van der Waals surface area contributed by atoms with Crippen molar-refractivity contribution >= 4 is 13.5 Å². The first-order valence-corrected chi connectivity index (χ1v) is 6.21. The average molecular weight is 240 g/mol. The van der Waals surface area contributed by atoms with Gasteiger partial charge in [-0.15, -0.1) is 0 Å². The highest BCUT2D eigenvalue weighted by Gasteiger charge is 2.30. The van der Waals surface area contributed by atoms with Gasteiger partial charge in [0.1, 0.15) is 0 Å². The van der Waals surface area contributed by atoms with Crippen LogP contribution in [0.2, 0.25) is 0 Å². The molecule has 0 saturated heterocycles. The van der Waals surface area contributed by atoms with Crippen LogP contribution in [0.5, 0.6) is 0 Å². The lowest BCUT2D eigenvalue weighted by Crippen LogP contribution is -2.48. The largest absolute Gasteiger partial charge is 0.358 e. The van der Waals surface area contributed by atoms with Crippen molar-refractivity contribution < 1.29 is 24.2 Å². The maximum Gasteiger partial charge on any atom is 0.357 e. The monoisotopic (exact) mass is 240 g/mol. The highest BCUT2D eigenvalue weighted by atomic mass is 31.2. The van der Waals surface area contributed by atoms with Gasteiger partial charge in [0.2, 0.25) is 5.91 Å². The molecule has 0 aromatic heterocycles. The molecule has 8 heteroatoms. The van der Waals surface area contributed by atoms with Crippen molar-refractivity contribution in [2.24, 2.45) is 0 Å². The smallest absolute Gasteiger partial charge is 0.357 e. The van der Waals surface area contributed by atoms with E-state index in [9.17, 15) is 9.36 Å². The predicted molar refractivity (Wildman–Crippen MR) is 54.5 cm³/mol. The summed E-state index contributed by atoms with van der Waals surface area (Å²) in [7, 11) is -2.70. The molecule has 0 aromatic carbocycles. The van der Waals surface area contributed by atoms with Gasteiger partial charge in [0.15, 0.2) is 0 Å². The lowest BCUT2D eigenvalue weighted by molar-refractivity contribution is -0.146. The van der Waals surface area contributed by atoms with Crippen LogP contribution in [-0.2, 0) is 14.0 Å². The molecule has 0 saturated carbocycles. The summed E-state index contributed by atoms with van der Waals surface area (Å²) in [5, 5.41) is 13.3. The van der Waals surface area contributed by atoms with Gasteiger partial charge in [-0.3, -0.25) is 9.36 Å². The third-order valence-corrected chi connectivity index (χ3v) is 2.72. The van der Waals surface area contributed by atoms with Crippen molar-refractivity contribution in [3.63, 3.8) is 0 Å². The lowest BCUT2D eigenvalue weighted by atomic mass is 10.2. The fraction of sp³-hybridized carbons (Fsp3) is 0.857. The Bertz CT molecular complexity index is 258. The molecule has 2 atom stereocenters. The molecular formula is C7H17N2O5P. The zero-order valence-corrected chi connectivity index (χ0v) is 9.82. The standard InChI is InChI=1S/C7H17N2O5P/c1-5(2)9-6(7(10)8-3)4-15(12,13)14-11/h5-6,9,11H,4H2,1-3H3,(H,8,10)(H,12,13). The SMILES string of the molecule is CNC(=O)C(CP(=O)(O)OO)NC(C)C. The van der Waals surface area contributed by atoms with Gasteiger partial charge in [0.25, 0.3) is 0 Å². The van der Waals surface area contributed by atoms with Crippen molar-refractivity contribution in [3.8, 4) is 0 Å². The fourth-order valence-corrected chi connectivity index (χ4v) is 1.85. The molecule has 2 unspecified atom stereocenters. The van der Waals surface area contributed by atoms with Crippen LogP contribution in [0.4, 0.5) is 0 Å². The lowest BCUT2D eigenvalue weighted by Gasteiger charge is -2.20. The predicted octanol–water partition coefficient (Wildman–Crippen LogP) is -0.226. The fourth-order valence-electron chi connectivity index (χ4n) is 1.05.